The quantitative estimate of drug-likeness (QED) is 0.129. The van der Waals surface area contributed by atoms with Gasteiger partial charge in [0.15, 0.2) is 0 Å². The maximum absolute atomic E-state index is 12.7. The molecule has 0 N–H and O–H groups in total. The Balaban J connectivity index is 2.03. The third kappa shape index (κ3) is 14.4. The molecular weight excluding hydrogens is 424 g/mol. The number of ether oxygens (including phenoxy) is 2. The lowest BCUT2D eigenvalue weighted by molar-refractivity contribution is -0.167. The highest BCUT2D eigenvalue weighted by atomic mass is 16.5. The maximum Gasteiger partial charge on any atom is 0.310 e. The van der Waals surface area contributed by atoms with Crippen molar-refractivity contribution in [3.63, 3.8) is 0 Å². The van der Waals surface area contributed by atoms with Gasteiger partial charge in [0.05, 0.1) is 18.4 Å². The first-order valence-corrected chi connectivity index (χ1v) is 14.8. The molecular formula is C30H56O4. The van der Waals surface area contributed by atoms with Crippen LogP contribution < -0.4 is 0 Å². The molecule has 0 aromatic carbocycles. The summed E-state index contributed by atoms with van der Waals surface area (Å²) < 4.78 is 11.2. The molecule has 0 aliphatic heterocycles. The molecule has 4 heteroatoms. The molecule has 0 bridgehead atoms. The Morgan fingerprint density at radius 1 is 0.647 bits per heavy atom. The van der Waals surface area contributed by atoms with Crippen LogP contribution in [0.15, 0.2) is 0 Å². The number of carbonyl (C=O) groups is 2. The van der Waals surface area contributed by atoms with E-state index >= 15 is 0 Å². The molecule has 34 heavy (non-hydrogen) atoms. The van der Waals surface area contributed by atoms with Crippen molar-refractivity contribution in [1.82, 2.24) is 0 Å². The van der Waals surface area contributed by atoms with Crippen LogP contribution in [0.5, 0.6) is 0 Å². The van der Waals surface area contributed by atoms with E-state index in [-0.39, 0.29) is 35.8 Å². The largest absolute Gasteiger partial charge is 0.465 e. The molecule has 1 saturated carbocycles. The fraction of sp³-hybridized carbons (Fsp3) is 0.933. The van der Waals surface area contributed by atoms with E-state index in [1.165, 1.54) is 83.5 Å². The van der Waals surface area contributed by atoms with Crippen molar-refractivity contribution in [3.8, 4) is 0 Å². The Morgan fingerprint density at radius 3 is 1.50 bits per heavy atom. The molecule has 0 radical (unpaired) electrons. The molecule has 0 heterocycles. The third-order valence-corrected chi connectivity index (χ3v) is 7.60. The lowest BCUT2D eigenvalue weighted by Crippen LogP contribution is -2.37. The second kappa shape index (κ2) is 20.2. The summed E-state index contributed by atoms with van der Waals surface area (Å²) in [6.45, 7) is 8.77. The van der Waals surface area contributed by atoms with E-state index in [0.717, 1.165) is 38.5 Å². The minimum Gasteiger partial charge on any atom is -0.465 e. The monoisotopic (exact) mass is 480 g/mol. The average molecular weight is 481 g/mol. The van der Waals surface area contributed by atoms with Gasteiger partial charge < -0.3 is 9.47 Å². The van der Waals surface area contributed by atoms with E-state index in [9.17, 15) is 9.59 Å². The number of hydrogen-bond donors (Lipinski definition) is 0. The summed E-state index contributed by atoms with van der Waals surface area (Å²) in [5, 5.41) is 0. The minimum absolute atomic E-state index is 0.119. The Labute approximate surface area is 211 Å². The van der Waals surface area contributed by atoms with Crippen LogP contribution in [0, 0.1) is 17.8 Å². The Kier molecular flexibility index (Phi) is 18.4. The van der Waals surface area contributed by atoms with E-state index in [1.54, 1.807) is 0 Å². The van der Waals surface area contributed by atoms with E-state index in [0.29, 0.717) is 6.61 Å². The van der Waals surface area contributed by atoms with Crippen LogP contribution in [0.3, 0.4) is 0 Å². The first kappa shape index (κ1) is 31.0. The van der Waals surface area contributed by atoms with Gasteiger partial charge in [-0.1, -0.05) is 124 Å². The van der Waals surface area contributed by atoms with Crippen molar-refractivity contribution in [2.45, 2.75) is 156 Å². The zero-order chi connectivity index (χ0) is 25.0. The van der Waals surface area contributed by atoms with Gasteiger partial charge in [-0.25, -0.2) is 0 Å². The lowest BCUT2D eigenvalue weighted by Gasteiger charge is -2.30. The van der Waals surface area contributed by atoms with Crippen molar-refractivity contribution in [3.05, 3.63) is 0 Å². The predicted octanol–water partition coefficient (Wildman–Crippen LogP) is 8.80. The van der Waals surface area contributed by atoms with Crippen LogP contribution in [0.2, 0.25) is 0 Å². The Morgan fingerprint density at radius 2 is 1.06 bits per heavy atom. The molecule has 200 valence electrons. The van der Waals surface area contributed by atoms with Crippen molar-refractivity contribution in [1.29, 1.82) is 0 Å². The molecule has 0 amide bonds. The van der Waals surface area contributed by atoms with Gasteiger partial charge in [-0.15, -0.1) is 0 Å². The van der Waals surface area contributed by atoms with E-state index in [2.05, 4.69) is 6.92 Å². The maximum atomic E-state index is 12.7. The topological polar surface area (TPSA) is 52.6 Å². The first-order valence-electron chi connectivity index (χ1n) is 14.8. The highest BCUT2D eigenvalue weighted by Crippen LogP contribution is 2.32. The standard InChI is InChI=1S/C30H56O4/c1-5-6-7-8-9-10-11-12-13-14-15-16-17-18-21-24-33-29(31)27-22-19-20-23-28(27)30(32)34-26(4)25(2)3/h25-28H,5-24H2,1-4H3. The second-order valence-electron chi connectivity index (χ2n) is 11.0. The summed E-state index contributed by atoms with van der Waals surface area (Å²) >= 11 is 0. The summed E-state index contributed by atoms with van der Waals surface area (Å²) in [5.74, 6) is -0.775. The van der Waals surface area contributed by atoms with Crippen LogP contribution in [0.4, 0.5) is 0 Å². The highest BCUT2D eigenvalue weighted by Gasteiger charge is 2.38. The normalized spacial score (nSPS) is 19.2. The summed E-state index contributed by atoms with van der Waals surface area (Å²) in [4.78, 5) is 25.3. The highest BCUT2D eigenvalue weighted by molar-refractivity contribution is 5.82. The van der Waals surface area contributed by atoms with Crippen LogP contribution >= 0.6 is 0 Å². The number of esters is 2. The van der Waals surface area contributed by atoms with Crippen LogP contribution in [0.1, 0.15) is 150 Å². The van der Waals surface area contributed by atoms with E-state index in [4.69, 9.17) is 9.47 Å². The molecule has 1 rings (SSSR count). The molecule has 3 atom stereocenters. The van der Waals surface area contributed by atoms with Gasteiger partial charge >= 0.3 is 11.9 Å². The number of hydrogen-bond acceptors (Lipinski definition) is 4. The van der Waals surface area contributed by atoms with E-state index < -0.39 is 0 Å². The van der Waals surface area contributed by atoms with Crippen LogP contribution in [-0.4, -0.2) is 24.6 Å². The van der Waals surface area contributed by atoms with Gasteiger partial charge in [0.2, 0.25) is 0 Å². The first-order chi connectivity index (χ1) is 16.5. The molecule has 0 spiro atoms. The Hall–Kier alpha value is -1.06. The van der Waals surface area contributed by atoms with Crippen molar-refractivity contribution < 1.29 is 19.1 Å². The summed E-state index contributed by atoms with van der Waals surface area (Å²) in [6, 6.07) is 0. The van der Waals surface area contributed by atoms with Crippen LogP contribution in [0.25, 0.3) is 0 Å². The zero-order valence-electron chi connectivity index (χ0n) is 23.1. The number of carbonyl (C=O) groups excluding carboxylic acids is 2. The SMILES string of the molecule is CCCCCCCCCCCCCCCCCOC(=O)C1CCCCC1C(=O)OC(C)C(C)C. The van der Waals surface area contributed by atoms with Gasteiger partial charge in [-0.3, -0.25) is 9.59 Å². The Bertz CT molecular complexity index is 516. The van der Waals surface area contributed by atoms with Gasteiger partial charge in [-0.2, -0.15) is 0 Å². The summed E-state index contributed by atoms with van der Waals surface area (Å²) in [7, 11) is 0. The fourth-order valence-corrected chi connectivity index (χ4v) is 4.85. The molecule has 0 saturated heterocycles. The van der Waals surface area contributed by atoms with Crippen LogP contribution in [-0.2, 0) is 19.1 Å². The van der Waals surface area contributed by atoms with Crippen molar-refractivity contribution >= 4 is 11.9 Å². The minimum atomic E-state index is -0.330. The smallest absolute Gasteiger partial charge is 0.310 e. The van der Waals surface area contributed by atoms with Gasteiger partial charge in [-0.05, 0) is 32.1 Å². The van der Waals surface area contributed by atoms with Crippen molar-refractivity contribution in [2.24, 2.45) is 17.8 Å². The molecule has 3 unspecified atom stereocenters. The third-order valence-electron chi connectivity index (χ3n) is 7.60. The average Bonchev–Trinajstić information content (AvgIpc) is 2.83. The van der Waals surface area contributed by atoms with Gasteiger partial charge in [0, 0.05) is 0 Å². The van der Waals surface area contributed by atoms with E-state index in [1.807, 2.05) is 20.8 Å². The molecule has 0 aromatic rings. The predicted molar refractivity (Wildman–Crippen MR) is 142 cm³/mol. The van der Waals surface area contributed by atoms with Gasteiger partial charge in [0.1, 0.15) is 6.10 Å². The molecule has 1 aliphatic carbocycles. The number of rotatable bonds is 20. The zero-order valence-corrected chi connectivity index (χ0v) is 23.1. The molecule has 1 fully saturated rings. The van der Waals surface area contributed by atoms with Gasteiger partial charge in [0.25, 0.3) is 0 Å². The number of unbranched alkanes of at least 4 members (excludes halogenated alkanes) is 14. The van der Waals surface area contributed by atoms with Crippen molar-refractivity contribution in [2.75, 3.05) is 6.61 Å². The molecule has 0 aromatic heterocycles. The second-order valence-corrected chi connectivity index (χ2v) is 11.0. The molecule has 1 aliphatic rings. The fourth-order valence-electron chi connectivity index (χ4n) is 4.85. The summed E-state index contributed by atoms with van der Waals surface area (Å²) in [6.07, 6.45) is 23.2. The molecule has 4 nitrogen and oxygen atoms in total. The summed E-state index contributed by atoms with van der Waals surface area (Å²) in [5.41, 5.74) is 0. The lowest BCUT2D eigenvalue weighted by atomic mass is 9.79.